The molecule has 2 rings (SSSR count). The molecular formula is C10H11NO2. The van der Waals surface area contributed by atoms with E-state index in [-0.39, 0.29) is 5.91 Å². The summed E-state index contributed by atoms with van der Waals surface area (Å²) >= 11 is 0. The van der Waals surface area contributed by atoms with Gasteiger partial charge in [0.25, 0.3) is 5.91 Å². The van der Waals surface area contributed by atoms with Gasteiger partial charge in [-0.15, -0.1) is 0 Å². The van der Waals surface area contributed by atoms with Crippen LogP contribution in [0.15, 0.2) is 24.3 Å². The standard InChI is InChI=1S/C10H11NO2/c1-13-9-4-2-8(3-5-9)10(12)11-6-7-11/h2-5H,6-7H2,1H3. The van der Waals surface area contributed by atoms with Gasteiger partial charge in [0.05, 0.1) is 7.11 Å². The van der Waals surface area contributed by atoms with E-state index in [2.05, 4.69) is 0 Å². The molecule has 1 aliphatic rings. The fourth-order valence-electron chi connectivity index (χ4n) is 1.17. The molecular weight excluding hydrogens is 166 g/mol. The molecule has 0 bridgehead atoms. The van der Waals surface area contributed by atoms with Crippen LogP contribution in [0.1, 0.15) is 10.4 Å². The van der Waals surface area contributed by atoms with Crippen LogP contribution in [0.3, 0.4) is 0 Å². The Kier molecular flexibility index (Phi) is 1.93. The Balaban J connectivity index is 2.16. The summed E-state index contributed by atoms with van der Waals surface area (Å²) in [5, 5.41) is 0. The molecule has 1 saturated heterocycles. The van der Waals surface area contributed by atoms with Crippen molar-refractivity contribution >= 4 is 5.91 Å². The monoisotopic (exact) mass is 177 g/mol. The van der Waals surface area contributed by atoms with E-state index in [1.807, 2.05) is 0 Å². The molecule has 1 aromatic carbocycles. The van der Waals surface area contributed by atoms with Crippen LogP contribution in [0.2, 0.25) is 0 Å². The van der Waals surface area contributed by atoms with Gasteiger partial charge in [-0.1, -0.05) is 0 Å². The smallest absolute Gasteiger partial charge is 0.253 e. The number of hydrogen-bond donors (Lipinski definition) is 0. The van der Waals surface area contributed by atoms with Gasteiger partial charge in [0.15, 0.2) is 0 Å². The zero-order chi connectivity index (χ0) is 9.26. The highest BCUT2D eigenvalue weighted by Gasteiger charge is 2.24. The minimum absolute atomic E-state index is 0.114. The summed E-state index contributed by atoms with van der Waals surface area (Å²) in [6.07, 6.45) is 0. The van der Waals surface area contributed by atoms with Crippen LogP contribution in [-0.2, 0) is 0 Å². The van der Waals surface area contributed by atoms with Gasteiger partial charge in [0.2, 0.25) is 0 Å². The van der Waals surface area contributed by atoms with Crippen LogP contribution >= 0.6 is 0 Å². The van der Waals surface area contributed by atoms with Crippen molar-refractivity contribution in [3.05, 3.63) is 29.8 Å². The zero-order valence-corrected chi connectivity index (χ0v) is 7.49. The van der Waals surface area contributed by atoms with Gasteiger partial charge >= 0.3 is 0 Å². The van der Waals surface area contributed by atoms with Crippen molar-refractivity contribution in [2.75, 3.05) is 20.2 Å². The molecule has 0 saturated carbocycles. The van der Waals surface area contributed by atoms with Gasteiger partial charge in [0.1, 0.15) is 5.75 Å². The van der Waals surface area contributed by atoms with Gasteiger partial charge in [0, 0.05) is 18.7 Å². The van der Waals surface area contributed by atoms with E-state index in [1.165, 1.54) is 0 Å². The Bertz CT molecular complexity index is 314. The average Bonchev–Trinajstić information content (AvgIpc) is 3.00. The number of nitrogens with zero attached hydrogens (tertiary/aromatic N) is 1. The van der Waals surface area contributed by atoms with E-state index in [4.69, 9.17) is 4.74 Å². The maximum Gasteiger partial charge on any atom is 0.253 e. The Morgan fingerprint density at radius 3 is 2.38 bits per heavy atom. The Labute approximate surface area is 76.9 Å². The molecule has 1 amide bonds. The van der Waals surface area contributed by atoms with Crippen molar-refractivity contribution in [3.8, 4) is 5.75 Å². The molecule has 0 N–H and O–H groups in total. The molecule has 0 spiro atoms. The number of hydrogen-bond acceptors (Lipinski definition) is 2. The lowest BCUT2D eigenvalue weighted by molar-refractivity contribution is 0.0885. The summed E-state index contributed by atoms with van der Waals surface area (Å²) in [7, 11) is 1.61. The summed E-state index contributed by atoms with van der Waals surface area (Å²) in [4.78, 5) is 13.3. The SMILES string of the molecule is COc1ccc(C(=O)N2CC2)cc1. The third-order valence-electron chi connectivity index (χ3n) is 2.07. The van der Waals surface area contributed by atoms with E-state index in [0.29, 0.717) is 0 Å². The third-order valence-corrected chi connectivity index (χ3v) is 2.07. The van der Waals surface area contributed by atoms with Crippen LogP contribution in [0.25, 0.3) is 0 Å². The van der Waals surface area contributed by atoms with Crippen LogP contribution in [0, 0.1) is 0 Å². The number of amides is 1. The van der Waals surface area contributed by atoms with E-state index >= 15 is 0 Å². The molecule has 68 valence electrons. The van der Waals surface area contributed by atoms with Crippen LogP contribution < -0.4 is 4.74 Å². The number of carbonyl (C=O) groups is 1. The van der Waals surface area contributed by atoms with Gasteiger partial charge in [-0.3, -0.25) is 4.79 Å². The van der Waals surface area contributed by atoms with Gasteiger partial charge in [-0.05, 0) is 24.3 Å². The summed E-state index contributed by atoms with van der Waals surface area (Å²) in [6.45, 7) is 1.79. The second-order valence-corrected chi connectivity index (χ2v) is 3.02. The van der Waals surface area contributed by atoms with E-state index < -0.39 is 0 Å². The first-order valence-electron chi connectivity index (χ1n) is 4.24. The molecule has 1 heterocycles. The van der Waals surface area contributed by atoms with Gasteiger partial charge in [-0.2, -0.15) is 0 Å². The summed E-state index contributed by atoms with van der Waals surface area (Å²) in [6, 6.07) is 7.19. The van der Waals surface area contributed by atoms with Crippen LogP contribution in [0.5, 0.6) is 5.75 Å². The highest BCUT2D eigenvalue weighted by molar-refractivity contribution is 5.95. The molecule has 1 aromatic rings. The lowest BCUT2D eigenvalue weighted by atomic mass is 10.2. The third kappa shape index (κ3) is 1.64. The first-order chi connectivity index (χ1) is 6.31. The minimum Gasteiger partial charge on any atom is -0.497 e. The average molecular weight is 177 g/mol. The van der Waals surface area contributed by atoms with Crippen molar-refractivity contribution in [1.29, 1.82) is 0 Å². The summed E-state index contributed by atoms with van der Waals surface area (Å²) in [5.41, 5.74) is 0.735. The first-order valence-corrected chi connectivity index (χ1v) is 4.24. The van der Waals surface area contributed by atoms with Crippen molar-refractivity contribution in [2.24, 2.45) is 0 Å². The Morgan fingerprint density at radius 2 is 1.92 bits per heavy atom. The zero-order valence-electron chi connectivity index (χ0n) is 7.49. The van der Waals surface area contributed by atoms with Crippen molar-refractivity contribution < 1.29 is 9.53 Å². The predicted molar refractivity (Wildman–Crippen MR) is 48.9 cm³/mol. The fourth-order valence-corrected chi connectivity index (χ4v) is 1.17. The van der Waals surface area contributed by atoms with Crippen LogP contribution in [0.4, 0.5) is 0 Å². The van der Waals surface area contributed by atoms with Crippen molar-refractivity contribution in [2.45, 2.75) is 0 Å². The maximum atomic E-state index is 11.5. The summed E-state index contributed by atoms with van der Waals surface area (Å²) < 4.78 is 5.00. The number of rotatable bonds is 2. The predicted octanol–water partition coefficient (Wildman–Crippen LogP) is 1.15. The lowest BCUT2D eigenvalue weighted by Gasteiger charge is -2.02. The Hall–Kier alpha value is -1.51. The highest BCUT2D eigenvalue weighted by atomic mass is 16.5. The van der Waals surface area contributed by atoms with Crippen LogP contribution in [-0.4, -0.2) is 31.0 Å². The molecule has 1 aliphatic heterocycles. The topological polar surface area (TPSA) is 29.3 Å². The molecule has 13 heavy (non-hydrogen) atoms. The molecule has 3 heteroatoms. The second-order valence-electron chi connectivity index (χ2n) is 3.02. The Morgan fingerprint density at radius 1 is 1.31 bits per heavy atom. The maximum absolute atomic E-state index is 11.5. The molecule has 3 nitrogen and oxygen atoms in total. The quantitative estimate of drug-likeness (QED) is 0.634. The first kappa shape index (κ1) is 8.10. The molecule has 0 unspecified atom stereocenters. The molecule has 0 atom stereocenters. The lowest BCUT2D eigenvalue weighted by Crippen LogP contribution is -2.09. The molecule has 0 aliphatic carbocycles. The van der Waals surface area contributed by atoms with E-state index in [0.717, 1.165) is 24.4 Å². The number of ether oxygens (including phenoxy) is 1. The number of methoxy groups -OCH3 is 1. The van der Waals surface area contributed by atoms with Crippen molar-refractivity contribution in [1.82, 2.24) is 4.90 Å². The minimum atomic E-state index is 0.114. The fraction of sp³-hybridized carbons (Fsp3) is 0.300. The van der Waals surface area contributed by atoms with Gasteiger partial charge in [-0.25, -0.2) is 0 Å². The van der Waals surface area contributed by atoms with E-state index in [1.54, 1.807) is 36.3 Å². The summed E-state index contributed by atoms with van der Waals surface area (Å²) in [5.74, 6) is 0.894. The molecule has 0 radical (unpaired) electrons. The van der Waals surface area contributed by atoms with Crippen molar-refractivity contribution in [3.63, 3.8) is 0 Å². The van der Waals surface area contributed by atoms with E-state index in [9.17, 15) is 4.79 Å². The number of benzene rings is 1. The number of carbonyl (C=O) groups excluding carboxylic acids is 1. The van der Waals surface area contributed by atoms with Gasteiger partial charge < -0.3 is 9.64 Å². The molecule has 1 fully saturated rings. The normalized spacial score (nSPS) is 14.1. The highest BCUT2D eigenvalue weighted by Crippen LogP contribution is 2.15. The largest absolute Gasteiger partial charge is 0.497 e. The second kappa shape index (κ2) is 3.09. The molecule has 0 aromatic heterocycles.